The van der Waals surface area contributed by atoms with Crippen molar-refractivity contribution in [3.8, 4) is 5.75 Å². The average molecular weight is 490 g/mol. The lowest BCUT2D eigenvalue weighted by atomic mass is 9.95. The van der Waals surface area contributed by atoms with Crippen LogP contribution in [0, 0.1) is 12.7 Å². The third-order valence-corrected chi connectivity index (χ3v) is 6.21. The van der Waals surface area contributed by atoms with Gasteiger partial charge in [0.2, 0.25) is 0 Å². The molecule has 3 aromatic rings. The molecule has 0 aliphatic carbocycles. The summed E-state index contributed by atoms with van der Waals surface area (Å²) < 4.78 is 28.7. The van der Waals surface area contributed by atoms with Gasteiger partial charge in [-0.05, 0) is 39.7 Å². The molecule has 0 unspecified atom stereocenters. The van der Waals surface area contributed by atoms with E-state index in [2.05, 4.69) is 10.3 Å². The molecule has 0 saturated carbocycles. The molecular formula is C24H29ClFN5O3. The van der Waals surface area contributed by atoms with Gasteiger partial charge in [-0.15, -0.1) is 0 Å². The van der Waals surface area contributed by atoms with Crippen LogP contribution in [0.1, 0.15) is 67.0 Å². The molecule has 2 atom stereocenters. The van der Waals surface area contributed by atoms with E-state index in [-0.39, 0.29) is 35.1 Å². The van der Waals surface area contributed by atoms with E-state index in [1.165, 1.54) is 6.07 Å². The molecule has 182 valence electrons. The molecule has 0 spiro atoms. The number of aromatic nitrogens is 3. The van der Waals surface area contributed by atoms with Gasteiger partial charge < -0.3 is 20.5 Å². The van der Waals surface area contributed by atoms with Crippen LogP contribution in [0.5, 0.6) is 5.75 Å². The number of anilines is 1. The number of nitrogens with two attached hydrogens (primary N) is 1. The highest BCUT2D eigenvalue weighted by atomic mass is 35.5. The number of rotatable bonds is 7. The fourth-order valence-corrected chi connectivity index (χ4v) is 4.54. The summed E-state index contributed by atoms with van der Waals surface area (Å²) in [5.74, 6) is -0.683. The molecule has 0 radical (unpaired) electrons. The molecule has 3 N–H and O–H groups in total. The smallest absolute Gasteiger partial charge is 0.258 e. The largest absolute Gasteiger partial charge is 0.490 e. The summed E-state index contributed by atoms with van der Waals surface area (Å²) in [4.78, 5) is 22.0. The van der Waals surface area contributed by atoms with Gasteiger partial charge in [0.15, 0.2) is 5.82 Å². The number of nitrogens with one attached hydrogen (secondary N) is 1. The number of amides is 1. The van der Waals surface area contributed by atoms with Crippen LogP contribution in [0.2, 0.25) is 5.02 Å². The molecule has 34 heavy (non-hydrogen) atoms. The molecule has 1 fully saturated rings. The third kappa shape index (κ3) is 4.54. The minimum atomic E-state index is -0.823. The first-order valence-corrected chi connectivity index (χ1v) is 11.7. The van der Waals surface area contributed by atoms with Crippen LogP contribution in [0.25, 0.3) is 5.52 Å². The van der Waals surface area contributed by atoms with Gasteiger partial charge in [0.25, 0.3) is 5.91 Å². The van der Waals surface area contributed by atoms with Crippen LogP contribution in [0.15, 0.2) is 18.5 Å². The molecule has 1 amide bonds. The molecule has 1 aliphatic rings. The number of imidazole rings is 1. The predicted octanol–water partition coefficient (Wildman–Crippen LogP) is 4.26. The van der Waals surface area contributed by atoms with Gasteiger partial charge in [0.05, 0.1) is 22.9 Å². The quantitative estimate of drug-likeness (QED) is 0.514. The van der Waals surface area contributed by atoms with E-state index in [1.54, 1.807) is 12.4 Å². The van der Waals surface area contributed by atoms with E-state index >= 15 is 4.39 Å². The Balaban J connectivity index is 1.81. The van der Waals surface area contributed by atoms with Gasteiger partial charge in [-0.3, -0.25) is 9.20 Å². The number of benzene rings is 1. The molecule has 0 bridgehead atoms. The van der Waals surface area contributed by atoms with Crippen LogP contribution < -0.4 is 15.8 Å². The summed E-state index contributed by atoms with van der Waals surface area (Å²) in [5, 5.41) is 2.61. The molecule has 1 aliphatic heterocycles. The molecular weight excluding hydrogens is 461 g/mol. The standard InChI is InChI=1S/C24H29ClFN5O3/c1-12(2)34-21-16(13(3)23-30-14(4)20-22(27)28-7-8-31(20)23)10-17(25)19(26)18(21)24(32)29-11-15-6-5-9-33-15/h7-8,10,12-13,15H,5-6,9,11H2,1-4H3,(H2,27,28)(H,29,32)/t13-,15+/m0/s1. The molecule has 2 aromatic heterocycles. The Morgan fingerprint density at radius 2 is 2.21 bits per heavy atom. The van der Waals surface area contributed by atoms with Crippen LogP contribution in [0.3, 0.4) is 0 Å². The van der Waals surface area contributed by atoms with Crippen LogP contribution in [-0.2, 0) is 4.74 Å². The second-order valence-corrected chi connectivity index (χ2v) is 9.19. The fourth-order valence-electron chi connectivity index (χ4n) is 4.33. The lowest BCUT2D eigenvalue weighted by molar-refractivity contribution is 0.0849. The lowest BCUT2D eigenvalue weighted by Gasteiger charge is -2.23. The number of fused-ring (bicyclic) bond motifs is 1. The van der Waals surface area contributed by atoms with Crippen molar-refractivity contribution in [1.29, 1.82) is 0 Å². The fraction of sp³-hybridized carbons (Fsp3) is 0.458. The molecule has 1 saturated heterocycles. The van der Waals surface area contributed by atoms with Gasteiger partial charge in [0.1, 0.15) is 28.5 Å². The first-order chi connectivity index (χ1) is 16.2. The van der Waals surface area contributed by atoms with E-state index in [4.69, 9.17) is 31.8 Å². The van der Waals surface area contributed by atoms with Gasteiger partial charge in [-0.1, -0.05) is 18.5 Å². The Bertz CT molecular complexity index is 1220. The van der Waals surface area contributed by atoms with Crippen LogP contribution in [0.4, 0.5) is 10.2 Å². The van der Waals surface area contributed by atoms with Gasteiger partial charge in [-0.25, -0.2) is 14.4 Å². The summed E-state index contributed by atoms with van der Waals surface area (Å²) in [6, 6.07) is 1.50. The molecule has 1 aromatic carbocycles. The minimum absolute atomic E-state index is 0.0858. The summed E-state index contributed by atoms with van der Waals surface area (Å²) in [7, 11) is 0. The summed E-state index contributed by atoms with van der Waals surface area (Å²) in [5.41, 5.74) is 7.79. The number of nitrogens with zero attached hydrogens (tertiary/aromatic N) is 3. The summed E-state index contributed by atoms with van der Waals surface area (Å²) in [6.07, 6.45) is 4.74. The number of halogens is 2. The summed E-state index contributed by atoms with van der Waals surface area (Å²) in [6.45, 7) is 8.32. The normalized spacial score (nSPS) is 16.9. The predicted molar refractivity (Wildman–Crippen MR) is 128 cm³/mol. The number of aryl methyl sites for hydroxylation is 1. The van der Waals surface area contributed by atoms with Crippen molar-refractivity contribution in [3.05, 3.63) is 51.9 Å². The van der Waals surface area contributed by atoms with Gasteiger partial charge in [0, 0.05) is 37.0 Å². The number of carbonyl (C=O) groups is 1. The van der Waals surface area contributed by atoms with Crippen molar-refractivity contribution in [2.45, 2.75) is 58.7 Å². The number of hydrogen-bond donors (Lipinski definition) is 2. The molecule has 8 nitrogen and oxygen atoms in total. The summed E-state index contributed by atoms with van der Waals surface area (Å²) >= 11 is 6.29. The van der Waals surface area contributed by atoms with Crippen molar-refractivity contribution in [3.63, 3.8) is 0 Å². The maximum Gasteiger partial charge on any atom is 0.258 e. The zero-order chi connectivity index (χ0) is 24.6. The number of carbonyl (C=O) groups excluding carboxylic acids is 1. The average Bonchev–Trinajstić information content (AvgIpc) is 3.42. The molecule has 3 heterocycles. The Kier molecular flexibility index (Phi) is 6.95. The lowest BCUT2D eigenvalue weighted by Crippen LogP contribution is -2.33. The number of hydrogen-bond acceptors (Lipinski definition) is 6. The Morgan fingerprint density at radius 3 is 2.88 bits per heavy atom. The zero-order valence-electron chi connectivity index (χ0n) is 19.7. The zero-order valence-corrected chi connectivity index (χ0v) is 20.4. The van der Waals surface area contributed by atoms with Crippen molar-refractivity contribution in [1.82, 2.24) is 19.7 Å². The van der Waals surface area contributed by atoms with E-state index in [0.717, 1.165) is 12.8 Å². The third-order valence-electron chi connectivity index (χ3n) is 5.93. The van der Waals surface area contributed by atoms with Crippen LogP contribution >= 0.6 is 11.6 Å². The number of ether oxygens (including phenoxy) is 2. The van der Waals surface area contributed by atoms with E-state index in [9.17, 15) is 4.79 Å². The maximum atomic E-state index is 15.3. The van der Waals surface area contributed by atoms with E-state index in [0.29, 0.717) is 35.0 Å². The SMILES string of the molecule is Cc1nc([C@@H](C)c2cc(Cl)c(F)c(C(=O)NC[C@H]3CCCO3)c2OC(C)C)n2ccnc(N)c12. The number of nitrogen functional groups attached to an aromatic ring is 1. The Hall–Kier alpha value is -2.91. The highest BCUT2D eigenvalue weighted by molar-refractivity contribution is 6.31. The Labute approximate surface area is 202 Å². The first kappa shape index (κ1) is 24.2. The second-order valence-electron chi connectivity index (χ2n) is 8.79. The maximum absolute atomic E-state index is 15.3. The highest BCUT2D eigenvalue weighted by Crippen LogP contribution is 2.40. The molecule has 4 rings (SSSR count). The van der Waals surface area contributed by atoms with E-state index < -0.39 is 17.6 Å². The van der Waals surface area contributed by atoms with Crippen molar-refractivity contribution in [2.75, 3.05) is 18.9 Å². The van der Waals surface area contributed by atoms with Crippen molar-refractivity contribution < 1.29 is 18.7 Å². The van der Waals surface area contributed by atoms with Gasteiger partial charge >= 0.3 is 0 Å². The second kappa shape index (κ2) is 9.76. The minimum Gasteiger partial charge on any atom is -0.490 e. The first-order valence-electron chi connectivity index (χ1n) is 11.4. The van der Waals surface area contributed by atoms with Crippen molar-refractivity contribution in [2.24, 2.45) is 0 Å². The highest BCUT2D eigenvalue weighted by Gasteiger charge is 2.30. The van der Waals surface area contributed by atoms with E-state index in [1.807, 2.05) is 32.1 Å². The van der Waals surface area contributed by atoms with Crippen LogP contribution in [-0.4, -0.2) is 45.6 Å². The monoisotopic (exact) mass is 489 g/mol. The topological polar surface area (TPSA) is 104 Å². The van der Waals surface area contributed by atoms with Crippen molar-refractivity contribution >= 4 is 28.8 Å². The molecule has 10 heteroatoms. The van der Waals surface area contributed by atoms with Gasteiger partial charge in [-0.2, -0.15) is 0 Å². The Morgan fingerprint density at radius 1 is 1.44 bits per heavy atom.